The van der Waals surface area contributed by atoms with E-state index in [9.17, 15) is 17.6 Å². The minimum Gasteiger partial charge on any atom is -0.361 e. The van der Waals surface area contributed by atoms with E-state index >= 15 is 0 Å². The smallest absolute Gasteiger partial charge is 0.361 e. The molecular formula is C19H17ClF4N4. The molecule has 3 aromatic rings. The summed E-state index contributed by atoms with van der Waals surface area (Å²) in [5.74, 6) is 0.456. The zero-order valence-electron chi connectivity index (χ0n) is 14.5. The van der Waals surface area contributed by atoms with Crippen molar-refractivity contribution in [2.24, 2.45) is 0 Å². The number of hydrogen-bond donors (Lipinski definition) is 2. The highest BCUT2D eigenvalue weighted by atomic mass is 35.5. The van der Waals surface area contributed by atoms with E-state index < -0.39 is 24.0 Å². The summed E-state index contributed by atoms with van der Waals surface area (Å²) in [5, 5.41) is 15.9. The van der Waals surface area contributed by atoms with Gasteiger partial charge in [-0.15, -0.1) is 22.6 Å². The molecule has 2 heterocycles. The Morgan fingerprint density at radius 3 is 2.21 bits per heavy atom. The molecule has 0 saturated carbocycles. The van der Waals surface area contributed by atoms with E-state index in [4.69, 9.17) is 0 Å². The third-order valence-electron chi connectivity index (χ3n) is 4.64. The van der Waals surface area contributed by atoms with E-state index in [0.717, 1.165) is 22.9 Å². The fourth-order valence-electron chi connectivity index (χ4n) is 3.20. The monoisotopic (exact) mass is 412 g/mol. The first-order valence-electron chi connectivity index (χ1n) is 8.48. The standard InChI is InChI=1S/C19H16F4N4.ClH/c20-15-9-24-10-16(15)25-18-14-4-2-1-3-13(14)17(26-27-18)11-5-7-12(8-6-11)19(21,22)23;/h1-8,15-16,24H,9-10H2,(H,25,27);1H/t15-,16+;/m0./s1. The molecule has 1 fully saturated rings. The Balaban J connectivity index is 0.00000225. The van der Waals surface area contributed by atoms with Gasteiger partial charge in [0.15, 0.2) is 5.82 Å². The van der Waals surface area contributed by atoms with Gasteiger partial charge >= 0.3 is 6.18 Å². The maximum atomic E-state index is 13.9. The Bertz CT molecular complexity index is 962. The molecule has 0 radical (unpaired) electrons. The molecule has 1 aliphatic rings. The lowest BCUT2D eigenvalue weighted by atomic mass is 10.0. The van der Waals surface area contributed by atoms with Gasteiger partial charge in [-0.3, -0.25) is 0 Å². The lowest BCUT2D eigenvalue weighted by Gasteiger charge is -2.17. The van der Waals surface area contributed by atoms with Crippen molar-refractivity contribution in [1.29, 1.82) is 0 Å². The van der Waals surface area contributed by atoms with Gasteiger partial charge in [-0.05, 0) is 12.1 Å². The summed E-state index contributed by atoms with van der Waals surface area (Å²) in [7, 11) is 0. The topological polar surface area (TPSA) is 49.8 Å². The van der Waals surface area contributed by atoms with Crippen molar-refractivity contribution in [3.8, 4) is 11.3 Å². The van der Waals surface area contributed by atoms with E-state index in [2.05, 4.69) is 20.8 Å². The number of anilines is 1. The van der Waals surface area contributed by atoms with Crippen LogP contribution in [0.5, 0.6) is 0 Å². The molecule has 0 aliphatic carbocycles. The highest BCUT2D eigenvalue weighted by Crippen LogP contribution is 2.33. The van der Waals surface area contributed by atoms with Gasteiger partial charge in [0.2, 0.25) is 0 Å². The second-order valence-electron chi connectivity index (χ2n) is 6.44. The van der Waals surface area contributed by atoms with Crippen molar-refractivity contribution in [3.63, 3.8) is 0 Å². The third-order valence-corrected chi connectivity index (χ3v) is 4.64. The summed E-state index contributed by atoms with van der Waals surface area (Å²) < 4.78 is 52.2. The van der Waals surface area contributed by atoms with E-state index in [-0.39, 0.29) is 19.0 Å². The molecule has 1 aliphatic heterocycles. The molecule has 1 saturated heterocycles. The Morgan fingerprint density at radius 2 is 1.61 bits per heavy atom. The summed E-state index contributed by atoms with van der Waals surface area (Å²) in [5.41, 5.74) is 0.292. The molecule has 4 rings (SSSR count). The van der Waals surface area contributed by atoms with Crippen LogP contribution in [-0.2, 0) is 6.18 Å². The third kappa shape index (κ3) is 3.88. The first-order chi connectivity index (χ1) is 12.9. The zero-order valence-corrected chi connectivity index (χ0v) is 15.3. The molecule has 0 unspecified atom stereocenters. The average molecular weight is 413 g/mol. The summed E-state index contributed by atoms with van der Waals surface area (Å²) in [6.07, 6.45) is -5.42. The molecule has 0 amide bonds. The number of rotatable bonds is 3. The first kappa shape index (κ1) is 20.3. The van der Waals surface area contributed by atoms with Crippen LogP contribution in [0.4, 0.5) is 23.4 Å². The molecule has 2 aromatic carbocycles. The molecule has 0 spiro atoms. The van der Waals surface area contributed by atoms with Crippen LogP contribution in [0.3, 0.4) is 0 Å². The second-order valence-corrected chi connectivity index (χ2v) is 6.44. The van der Waals surface area contributed by atoms with E-state index in [1.807, 2.05) is 24.3 Å². The largest absolute Gasteiger partial charge is 0.416 e. The van der Waals surface area contributed by atoms with E-state index in [0.29, 0.717) is 23.6 Å². The van der Waals surface area contributed by atoms with Crippen LogP contribution in [0.15, 0.2) is 48.5 Å². The van der Waals surface area contributed by atoms with Gasteiger partial charge in [0.25, 0.3) is 0 Å². The second kappa shape index (κ2) is 7.89. The van der Waals surface area contributed by atoms with E-state index in [1.54, 1.807) is 0 Å². The fraction of sp³-hybridized carbons (Fsp3) is 0.263. The molecule has 28 heavy (non-hydrogen) atoms. The van der Waals surface area contributed by atoms with Gasteiger partial charge in [-0.25, -0.2) is 4.39 Å². The molecule has 2 N–H and O–H groups in total. The molecule has 2 atom stereocenters. The highest BCUT2D eigenvalue weighted by molar-refractivity contribution is 6.00. The number of nitrogens with zero attached hydrogens (tertiary/aromatic N) is 2. The molecule has 0 bridgehead atoms. The number of fused-ring (bicyclic) bond motifs is 1. The van der Waals surface area contributed by atoms with Crippen molar-refractivity contribution in [3.05, 3.63) is 54.1 Å². The lowest BCUT2D eigenvalue weighted by molar-refractivity contribution is -0.137. The predicted molar refractivity (Wildman–Crippen MR) is 102 cm³/mol. The zero-order chi connectivity index (χ0) is 19.0. The van der Waals surface area contributed by atoms with Crippen LogP contribution in [0.25, 0.3) is 22.0 Å². The normalized spacial score (nSPS) is 19.4. The van der Waals surface area contributed by atoms with Gasteiger partial charge in [0.1, 0.15) is 11.9 Å². The fourth-order valence-corrected chi connectivity index (χ4v) is 3.20. The predicted octanol–water partition coefficient (Wildman–Crippen LogP) is 4.46. The van der Waals surface area contributed by atoms with Crippen molar-refractivity contribution >= 4 is 29.0 Å². The molecule has 9 heteroatoms. The molecular weight excluding hydrogens is 396 g/mol. The van der Waals surface area contributed by atoms with Crippen LogP contribution < -0.4 is 10.6 Å². The van der Waals surface area contributed by atoms with Crippen molar-refractivity contribution < 1.29 is 17.6 Å². The van der Waals surface area contributed by atoms with Crippen LogP contribution >= 0.6 is 12.4 Å². The van der Waals surface area contributed by atoms with Crippen molar-refractivity contribution in [2.75, 3.05) is 18.4 Å². The number of alkyl halides is 4. The minimum absolute atomic E-state index is 0. The maximum absolute atomic E-state index is 13.9. The van der Waals surface area contributed by atoms with Gasteiger partial charge in [-0.1, -0.05) is 36.4 Å². The van der Waals surface area contributed by atoms with Crippen LogP contribution in [0.2, 0.25) is 0 Å². The number of aromatic nitrogens is 2. The average Bonchev–Trinajstić information content (AvgIpc) is 3.06. The van der Waals surface area contributed by atoms with Gasteiger partial charge in [-0.2, -0.15) is 13.2 Å². The molecule has 1 aromatic heterocycles. The molecule has 4 nitrogen and oxygen atoms in total. The Morgan fingerprint density at radius 1 is 0.929 bits per heavy atom. The summed E-state index contributed by atoms with van der Waals surface area (Å²) in [6, 6.07) is 11.7. The highest BCUT2D eigenvalue weighted by Gasteiger charge is 2.30. The van der Waals surface area contributed by atoms with Gasteiger partial charge in [0, 0.05) is 29.4 Å². The molecule has 148 valence electrons. The maximum Gasteiger partial charge on any atom is 0.416 e. The van der Waals surface area contributed by atoms with Crippen molar-refractivity contribution in [2.45, 2.75) is 18.4 Å². The van der Waals surface area contributed by atoms with Crippen LogP contribution in [0, 0.1) is 0 Å². The Kier molecular flexibility index (Phi) is 5.71. The minimum atomic E-state index is -4.39. The lowest BCUT2D eigenvalue weighted by Crippen LogP contribution is -2.30. The summed E-state index contributed by atoms with van der Waals surface area (Å²) >= 11 is 0. The summed E-state index contributed by atoms with van der Waals surface area (Å²) in [4.78, 5) is 0. The van der Waals surface area contributed by atoms with Crippen LogP contribution in [-0.4, -0.2) is 35.5 Å². The number of halogens is 5. The Labute approximate surface area is 164 Å². The number of nitrogens with one attached hydrogen (secondary N) is 2. The number of hydrogen-bond acceptors (Lipinski definition) is 4. The number of benzene rings is 2. The summed E-state index contributed by atoms with van der Waals surface area (Å²) in [6.45, 7) is 0.768. The van der Waals surface area contributed by atoms with Gasteiger partial charge < -0.3 is 10.6 Å². The Hall–Kier alpha value is -2.45. The first-order valence-corrected chi connectivity index (χ1v) is 8.48. The van der Waals surface area contributed by atoms with Crippen LogP contribution in [0.1, 0.15) is 5.56 Å². The SMILES string of the molecule is Cl.F[C@H]1CNC[C@H]1Nc1nnc(-c2ccc(C(F)(F)F)cc2)c2ccccc12. The quantitative estimate of drug-likeness (QED) is 0.624. The van der Waals surface area contributed by atoms with E-state index in [1.165, 1.54) is 12.1 Å². The van der Waals surface area contributed by atoms with Crippen molar-refractivity contribution in [1.82, 2.24) is 15.5 Å². The van der Waals surface area contributed by atoms with Gasteiger partial charge in [0.05, 0.1) is 11.6 Å².